The topological polar surface area (TPSA) is 40.8 Å². The average Bonchev–Trinajstić information content (AvgIpc) is 2.65. The lowest BCUT2D eigenvalue weighted by atomic mass is 10.2. The molecular weight excluding hydrogens is 307 g/mol. The first kappa shape index (κ1) is 14.6. The van der Waals surface area contributed by atoms with E-state index in [0.717, 1.165) is 12.1 Å². The number of benzene rings is 1. The van der Waals surface area contributed by atoms with Crippen LogP contribution in [0.4, 0.5) is 14.5 Å². The maximum atomic E-state index is 13.7. The molecule has 0 bridgehead atoms. The van der Waals surface area contributed by atoms with Gasteiger partial charge in [0.2, 0.25) is 0 Å². The largest absolute Gasteiger partial charge is 0.375 e. The highest BCUT2D eigenvalue weighted by atomic mass is 35.5. The molecule has 0 unspecified atom stereocenters. The van der Waals surface area contributed by atoms with Gasteiger partial charge in [-0.2, -0.15) is 5.26 Å². The van der Waals surface area contributed by atoms with Crippen LogP contribution >= 0.6 is 23.2 Å². The molecule has 0 saturated carbocycles. The van der Waals surface area contributed by atoms with Crippen molar-refractivity contribution < 1.29 is 8.78 Å². The summed E-state index contributed by atoms with van der Waals surface area (Å²) < 4.78 is 29.0. The minimum absolute atomic E-state index is 0.0736. The number of hydrogen-bond donors (Lipinski definition) is 1. The van der Waals surface area contributed by atoms with Crippen LogP contribution in [0.15, 0.2) is 18.2 Å². The van der Waals surface area contributed by atoms with E-state index in [2.05, 4.69) is 5.32 Å². The molecule has 3 nitrogen and oxygen atoms in total. The fourth-order valence-electron chi connectivity index (χ4n) is 1.74. The second-order valence-electron chi connectivity index (χ2n) is 4.11. The summed E-state index contributed by atoms with van der Waals surface area (Å²) >= 11 is 11.8. The monoisotopic (exact) mass is 315 g/mol. The second-order valence-corrected chi connectivity index (χ2v) is 4.88. The number of nitrogens with one attached hydrogen (secondary N) is 1. The van der Waals surface area contributed by atoms with Crippen LogP contribution in [-0.4, -0.2) is 4.57 Å². The quantitative estimate of drug-likeness (QED) is 0.926. The number of nitrogens with zero attached hydrogens (tertiary/aromatic N) is 2. The Balaban J connectivity index is 2.23. The molecule has 1 heterocycles. The van der Waals surface area contributed by atoms with E-state index >= 15 is 0 Å². The highest BCUT2D eigenvalue weighted by Crippen LogP contribution is 2.26. The third-order valence-corrected chi connectivity index (χ3v) is 3.68. The lowest BCUT2D eigenvalue weighted by Gasteiger charge is -2.10. The predicted molar refractivity (Wildman–Crippen MR) is 73.8 cm³/mol. The summed E-state index contributed by atoms with van der Waals surface area (Å²) in [5.74, 6) is -1.65. The summed E-state index contributed by atoms with van der Waals surface area (Å²) in [6.45, 7) is 0.142. The molecule has 0 aliphatic heterocycles. The average molecular weight is 316 g/mol. The van der Waals surface area contributed by atoms with Gasteiger partial charge in [-0.1, -0.05) is 23.2 Å². The molecule has 0 fully saturated rings. The summed E-state index contributed by atoms with van der Waals surface area (Å²) in [6.07, 6.45) is 0. The van der Waals surface area contributed by atoms with Gasteiger partial charge in [-0.05, 0) is 18.2 Å². The van der Waals surface area contributed by atoms with Crippen LogP contribution in [0.3, 0.4) is 0 Å². The fraction of sp³-hybridized carbons (Fsp3) is 0.154. The van der Waals surface area contributed by atoms with Crippen LogP contribution in [0.2, 0.25) is 10.2 Å². The van der Waals surface area contributed by atoms with Crippen LogP contribution in [0.25, 0.3) is 0 Å². The summed E-state index contributed by atoms with van der Waals surface area (Å²) in [4.78, 5) is 0. The first-order chi connectivity index (χ1) is 9.43. The molecule has 0 aliphatic rings. The Morgan fingerprint density at radius 3 is 2.30 bits per heavy atom. The maximum absolute atomic E-state index is 13.7. The van der Waals surface area contributed by atoms with Gasteiger partial charge in [0.25, 0.3) is 0 Å². The Hall–Kier alpha value is -1.77. The van der Waals surface area contributed by atoms with Gasteiger partial charge in [0.15, 0.2) is 11.6 Å². The van der Waals surface area contributed by atoms with Gasteiger partial charge < -0.3 is 9.88 Å². The van der Waals surface area contributed by atoms with E-state index in [1.54, 1.807) is 23.8 Å². The number of rotatable bonds is 3. The first-order valence-electron chi connectivity index (χ1n) is 5.56. The normalized spacial score (nSPS) is 10.4. The van der Waals surface area contributed by atoms with Crippen LogP contribution in [-0.2, 0) is 13.6 Å². The van der Waals surface area contributed by atoms with E-state index in [4.69, 9.17) is 28.5 Å². The summed E-state index contributed by atoms with van der Waals surface area (Å²) in [7, 11) is 1.69. The number of halogens is 4. The molecule has 0 saturated heterocycles. The molecule has 2 rings (SSSR count). The van der Waals surface area contributed by atoms with E-state index in [0.29, 0.717) is 15.9 Å². The number of aromatic nitrogens is 1. The molecule has 1 aromatic carbocycles. The molecule has 7 heteroatoms. The molecule has 1 aromatic heterocycles. The van der Waals surface area contributed by atoms with Crippen molar-refractivity contribution in [2.75, 3.05) is 5.32 Å². The van der Waals surface area contributed by atoms with Crippen molar-refractivity contribution in [2.45, 2.75) is 6.54 Å². The van der Waals surface area contributed by atoms with Crippen molar-refractivity contribution in [1.82, 2.24) is 4.57 Å². The van der Waals surface area contributed by atoms with Crippen LogP contribution in [0.5, 0.6) is 0 Å². The van der Waals surface area contributed by atoms with E-state index in [1.165, 1.54) is 0 Å². The molecular formula is C13H9Cl2F2N3. The van der Waals surface area contributed by atoms with Gasteiger partial charge in [0, 0.05) is 12.7 Å². The minimum atomic E-state index is -0.826. The first-order valence-corrected chi connectivity index (χ1v) is 6.32. The van der Waals surface area contributed by atoms with Crippen LogP contribution in [0, 0.1) is 23.0 Å². The molecule has 1 N–H and O–H groups in total. The Morgan fingerprint density at radius 2 is 1.85 bits per heavy atom. The van der Waals surface area contributed by atoms with Gasteiger partial charge >= 0.3 is 0 Å². The van der Waals surface area contributed by atoms with Gasteiger partial charge in [-0.15, -0.1) is 0 Å². The van der Waals surface area contributed by atoms with Gasteiger partial charge in [-0.25, -0.2) is 8.78 Å². The predicted octanol–water partition coefficient (Wildman–Crippen LogP) is 4.09. The molecule has 0 atom stereocenters. The standard InChI is InChI=1S/C13H9Cl2F2N3/c1-20-8(4-9(14)13(20)15)6-19-12-10(16)2-7(5-18)3-11(12)17/h2-4,19H,6H2,1H3. The molecule has 0 spiro atoms. The van der Waals surface area contributed by atoms with E-state index in [-0.39, 0.29) is 17.8 Å². The molecule has 104 valence electrons. The third kappa shape index (κ3) is 2.72. The highest BCUT2D eigenvalue weighted by molar-refractivity contribution is 6.41. The Morgan fingerprint density at radius 1 is 1.25 bits per heavy atom. The van der Waals surface area contributed by atoms with Crippen molar-refractivity contribution in [3.05, 3.63) is 51.3 Å². The van der Waals surface area contributed by atoms with Crippen molar-refractivity contribution in [2.24, 2.45) is 7.05 Å². The lowest BCUT2D eigenvalue weighted by molar-refractivity contribution is 0.586. The lowest BCUT2D eigenvalue weighted by Crippen LogP contribution is -2.07. The molecule has 2 aromatic rings. The van der Waals surface area contributed by atoms with E-state index in [9.17, 15) is 8.78 Å². The van der Waals surface area contributed by atoms with Crippen molar-refractivity contribution >= 4 is 28.9 Å². The SMILES string of the molecule is Cn1c(CNc2c(F)cc(C#N)cc2F)cc(Cl)c1Cl. The third-order valence-electron chi connectivity index (χ3n) is 2.83. The maximum Gasteiger partial charge on any atom is 0.150 e. The minimum Gasteiger partial charge on any atom is -0.375 e. The summed E-state index contributed by atoms with van der Waals surface area (Å²) in [5.41, 5.74) is 0.302. The number of nitriles is 1. The fourth-order valence-corrected chi connectivity index (χ4v) is 2.16. The zero-order valence-electron chi connectivity index (χ0n) is 10.3. The van der Waals surface area contributed by atoms with Crippen molar-refractivity contribution in [1.29, 1.82) is 5.26 Å². The zero-order chi connectivity index (χ0) is 14.9. The van der Waals surface area contributed by atoms with E-state index < -0.39 is 11.6 Å². The molecule has 0 aliphatic carbocycles. The summed E-state index contributed by atoms with van der Waals surface area (Å²) in [5, 5.41) is 12.0. The van der Waals surface area contributed by atoms with E-state index in [1.807, 2.05) is 0 Å². The smallest absolute Gasteiger partial charge is 0.150 e. The van der Waals surface area contributed by atoms with Gasteiger partial charge in [-0.3, -0.25) is 0 Å². The number of hydrogen-bond acceptors (Lipinski definition) is 2. The van der Waals surface area contributed by atoms with Crippen LogP contribution < -0.4 is 5.32 Å². The van der Waals surface area contributed by atoms with Crippen molar-refractivity contribution in [3.63, 3.8) is 0 Å². The zero-order valence-corrected chi connectivity index (χ0v) is 11.9. The number of anilines is 1. The Bertz CT molecular complexity index is 681. The Kier molecular flexibility index (Phi) is 4.17. The van der Waals surface area contributed by atoms with Crippen molar-refractivity contribution in [3.8, 4) is 6.07 Å². The molecule has 0 amide bonds. The molecule has 0 radical (unpaired) electrons. The highest BCUT2D eigenvalue weighted by Gasteiger charge is 2.13. The Labute approximate surface area is 124 Å². The van der Waals surface area contributed by atoms with Gasteiger partial charge in [0.05, 0.1) is 23.2 Å². The molecule has 20 heavy (non-hydrogen) atoms. The second kappa shape index (κ2) is 5.70. The van der Waals surface area contributed by atoms with Crippen LogP contribution in [0.1, 0.15) is 11.3 Å². The summed E-state index contributed by atoms with van der Waals surface area (Å²) in [6, 6.07) is 5.23. The van der Waals surface area contributed by atoms with Gasteiger partial charge in [0.1, 0.15) is 10.8 Å².